The SMILES string of the molecule is CC(C)N(C)S(=O)(=O)NCCCC(N)=S. The molecule has 90 valence electrons. The van der Waals surface area contributed by atoms with Crippen LogP contribution in [-0.4, -0.2) is 37.3 Å². The molecule has 0 aromatic rings. The van der Waals surface area contributed by atoms with Crippen molar-refractivity contribution in [1.29, 1.82) is 0 Å². The van der Waals surface area contributed by atoms with Gasteiger partial charge in [0.1, 0.15) is 0 Å². The van der Waals surface area contributed by atoms with Crippen LogP contribution in [0.15, 0.2) is 0 Å². The molecule has 0 atom stereocenters. The number of nitrogens with two attached hydrogens (primary N) is 1. The average molecular weight is 253 g/mol. The van der Waals surface area contributed by atoms with Crippen LogP contribution >= 0.6 is 12.2 Å². The largest absolute Gasteiger partial charge is 0.393 e. The van der Waals surface area contributed by atoms with Gasteiger partial charge in [0.15, 0.2) is 0 Å². The summed E-state index contributed by atoms with van der Waals surface area (Å²) in [7, 11) is -1.82. The van der Waals surface area contributed by atoms with Crippen molar-refractivity contribution in [2.75, 3.05) is 13.6 Å². The highest BCUT2D eigenvalue weighted by Gasteiger charge is 2.18. The van der Waals surface area contributed by atoms with E-state index in [9.17, 15) is 8.42 Å². The maximum atomic E-state index is 11.6. The molecule has 3 N–H and O–H groups in total. The summed E-state index contributed by atoms with van der Waals surface area (Å²) in [6.45, 7) is 3.99. The van der Waals surface area contributed by atoms with Crippen LogP contribution in [-0.2, 0) is 10.2 Å². The Morgan fingerprint density at radius 1 is 1.53 bits per heavy atom. The van der Waals surface area contributed by atoms with E-state index >= 15 is 0 Å². The molecule has 0 heterocycles. The molecule has 0 aliphatic rings. The molecule has 0 saturated heterocycles. The van der Waals surface area contributed by atoms with Gasteiger partial charge in [-0.2, -0.15) is 12.7 Å². The third kappa shape index (κ3) is 6.03. The first kappa shape index (κ1) is 14.8. The molecule has 0 rings (SSSR count). The van der Waals surface area contributed by atoms with Crippen LogP contribution in [0.3, 0.4) is 0 Å². The van der Waals surface area contributed by atoms with Gasteiger partial charge in [-0.25, -0.2) is 4.72 Å². The lowest BCUT2D eigenvalue weighted by Gasteiger charge is -2.21. The Kier molecular flexibility index (Phi) is 6.26. The molecule has 0 radical (unpaired) electrons. The predicted octanol–water partition coefficient (Wildman–Crippen LogP) is 0.227. The van der Waals surface area contributed by atoms with Crippen molar-refractivity contribution in [3.05, 3.63) is 0 Å². The lowest BCUT2D eigenvalue weighted by Crippen LogP contribution is -2.42. The van der Waals surface area contributed by atoms with Crippen LogP contribution in [0.1, 0.15) is 26.7 Å². The van der Waals surface area contributed by atoms with Crippen molar-refractivity contribution in [3.8, 4) is 0 Å². The van der Waals surface area contributed by atoms with Crippen molar-refractivity contribution in [3.63, 3.8) is 0 Å². The van der Waals surface area contributed by atoms with Crippen LogP contribution < -0.4 is 10.5 Å². The second kappa shape index (κ2) is 6.37. The second-order valence-corrected chi connectivity index (χ2v) is 5.92. The standard InChI is InChI=1S/C8H19N3O2S2/c1-7(2)11(3)15(12,13)10-6-4-5-8(9)14/h7,10H,4-6H2,1-3H3,(H2,9,14). The van der Waals surface area contributed by atoms with Crippen LogP contribution in [0.5, 0.6) is 0 Å². The predicted molar refractivity (Wildman–Crippen MR) is 65.8 cm³/mol. The zero-order valence-electron chi connectivity index (χ0n) is 9.36. The summed E-state index contributed by atoms with van der Waals surface area (Å²) in [5, 5.41) is 0. The van der Waals surface area contributed by atoms with Crippen LogP contribution in [0, 0.1) is 0 Å². The minimum Gasteiger partial charge on any atom is -0.393 e. The van der Waals surface area contributed by atoms with Gasteiger partial charge in [0, 0.05) is 19.6 Å². The molecular weight excluding hydrogens is 234 g/mol. The number of rotatable bonds is 7. The van der Waals surface area contributed by atoms with Crippen molar-refractivity contribution in [2.45, 2.75) is 32.7 Å². The van der Waals surface area contributed by atoms with E-state index in [2.05, 4.69) is 16.9 Å². The highest BCUT2D eigenvalue weighted by molar-refractivity contribution is 7.87. The van der Waals surface area contributed by atoms with Gasteiger partial charge < -0.3 is 5.73 Å². The van der Waals surface area contributed by atoms with E-state index in [-0.39, 0.29) is 6.04 Å². The Bertz CT molecular complexity index is 301. The Morgan fingerprint density at radius 2 is 2.07 bits per heavy atom. The number of nitrogens with zero attached hydrogens (tertiary/aromatic N) is 1. The molecule has 0 unspecified atom stereocenters. The molecule has 7 heteroatoms. The summed E-state index contributed by atoms with van der Waals surface area (Å²) in [4.78, 5) is 0.409. The summed E-state index contributed by atoms with van der Waals surface area (Å²) in [5.74, 6) is 0. The summed E-state index contributed by atoms with van der Waals surface area (Å²) in [6.07, 6.45) is 1.18. The molecular formula is C8H19N3O2S2. The van der Waals surface area contributed by atoms with E-state index in [4.69, 9.17) is 5.73 Å². The third-order valence-corrected chi connectivity index (χ3v) is 3.94. The molecule has 0 aliphatic heterocycles. The lowest BCUT2D eigenvalue weighted by atomic mass is 10.3. The number of hydrogen-bond acceptors (Lipinski definition) is 3. The fourth-order valence-electron chi connectivity index (χ4n) is 0.843. The monoisotopic (exact) mass is 253 g/mol. The highest BCUT2D eigenvalue weighted by atomic mass is 32.2. The zero-order chi connectivity index (χ0) is 12.1. The first-order valence-corrected chi connectivity index (χ1v) is 6.63. The van der Waals surface area contributed by atoms with Crippen molar-refractivity contribution in [1.82, 2.24) is 9.03 Å². The summed E-state index contributed by atoms with van der Waals surface area (Å²) < 4.78 is 26.9. The first-order chi connectivity index (χ1) is 6.77. The lowest BCUT2D eigenvalue weighted by molar-refractivity contribution is 0.402. The topological polar surface area (TPSA) is 75.4 Å². The minimum absolute atomic E-state index is 0.0573. The molecule has 0 aliphatic carbocycles. The zero-order valence-corrected chi connectivity index (χ0v) is 11.0. The molecule has 0 fully saturated rings. The normalized spacial score (nSPS) is 12.3. The number of nitrogens with one attached hydrogen (secondary N) is 1. The maximum Gasteiger partial charge on any atom is 0.279 e. The molecule has 0 aromatic carbocycles. The van der Waals surface area contributed by atoms with Gasteiger partial charge in [0.05, 0.1) is 4.99 Å². The summed E-state index contributed by atoms with van der Waals surface area (Å²) in [6, 6.07) is -0.0573. The van der Waals surface area contributed by atoms with E-state index in [1.165, 1.54) is 4.31 Å². The van der Waals surface area contributed by atoms with E-state index < -0.39 is 10.2 Å². The van der Waals surface area contributed by atoms with E-state index in [0.717, 1.165) is 0 Å². The first-order valence-electron chi connectivity index (χ1n) is 4.78. The van der Waals surface area contributed by atoms with Crippen LogP contribution in [0.4, 0.5) is 0 Å². The van der Waals surface area contributed by atoms with Gasteiger partial charge in [-0.1, -0.05) is 12.2 Å². The maximum absolute atomic E-state index is 11.6. The minimum atomic E-state index is -3.36. The van der Waals surface area contributed by atoms with Gasteiger partial charge in [-0.05, 0) is 26.7 Å². The Hall–Kier alpha value is -0.240. The number of hydrogen-bond donors (Lipinski definition) is 2. The second-order valence-electron chi connectivity index (χ2n) is 3.58. The van der Waals surface area contributed by atoms with Gasteiger partial charge >= 0.3 is 0 Å². The summed E-state index contributed by atoms with van der Waals surface area (Å²) in [5.41, 5.74) is 5.29. The fraction of sp³-hybridized carbons (Fsp3) is 0.875. The number of thiocarbonyl (C=S) groups is 1. The Labute approximate surface area is 97.2 Å². The highest BCUT2D eigenvalue weighted by Crippen LogP contribution is 2.00. The molecule has 0 amide bonds. The van der Waals surface area contributed by atoms with Gasteiger partial charge in [0.2, 0.25) is 0 Å². The van der Waals surface area contributed by atoms with Gasteiger partial charge in [-0.3, -0.25) is 0 Å². The fourth-order valence-corrected chi connectivity index (χ4v) is 2.15. The molecule has 5 nitrogen and oxygen atoms in total. The van der Waals surface area contributed by atoms with Gasteiger partial charge in [0.25, 0.3) is 10.2 Å². The Balaban J connectivity index is 4.00. The average Bonchev–Trinajstić information content (AvgIpc) is 2.10. The molecule has 0 bridgehead atoms. The molecule has 0 spiro atoms. The molecule has 0 saturated carbocycles. The van der Waals surface area contributed by atoms with E-state index in [1.807, 2.05) is 13.8 Å². The molecule has 15 heavy (non-hydrogen) atoms. The smallest absolute Gasteiger partial charge is 0.279 e. The van der Waals surface area contributed by atoms with E-state index in [0.29, 0.717) is 24.4 Å². The summed E-state index contributed by atoms with van der Waals surface area (Å²) >= 11 is 4.69. The van der Waals surface area contributed by atoms with Crippen molar-refractivity contribution in [2.24, 2.45) is 5.73 Å². The molecule has 0 aromatic heterocycles. The third-order valence-electron chi connectivity index (χ3n) is 1.99. The van der Waals surface area contributed by atoms with Crippen LogP contribution in [0.25, 0.3) is 0 Å². The van der Waals surface area contributed by atoms with Crippen molar-refractivity contribution >= 4 is 27.4 Å². The quantitative estimate of drug-likeness (QED) is 0.503. The Morgan fingerprint density at radius 3 is 2.47 bits per heavy atom. The van der Waals surface area contributed by atoms with Gasteiger partial charge in [-0.15, -0.1) is 0 Å². The van der Waals surface area contributed by atoms with Crippen molar-refractivity contribution < 1.29 is 8.42 Å². The van der Waals surface area contributed by atoms with E-state index in [1.54, 1.807) is 7.05 Å². The van der Waals surface area contributed by atoms with Crippen LogP contribution in [0.2, 0.25) is 0 Å².